The predicted octanol–water partition coefficient (Wildman–Crippen LogP) is 5.92. The highest BCUT2D eigenvalue weighted by Gasteiger charge is 2.26. The van der Waals surface area contributed by atoms with Gasteiger partial charge in [-0.2, -0.15) is 5.10 Å². The molecule has 1 aromatic heterocycles. The number of likely N-dealkylation sites (tertiary alicyclic amines) is 1. The number of benzene rings is 3. The zero-order valence-electron chi connectivity index (χ0n) is 20.2. The van der Waals surface area contributed by atoms with Crippen molar-refractivity contribution in [2.45, 2.75) is 25.4 Å². The first kappa shape index (κ1) is 23.8. The third-order valence-electron chi connectivity index (χ3n) is 6.97. The normalized spacial score (nSPS) is 14.4. The fourth-order valence-electron chi connectivity index (χ4n) is 4.96. The zero-order valence-corrected chi connectivity index (χ0v) is 20.2. The summed E-state index contributed by atoms with van der Waals surface area (Å²) >= 11 is 0. The van der Waals surface area contributed by atoms with Crippen molar-refractivity contribution in [2.24, 2.45) is 0 Å². The molecule has 36 heavy (non-hydrogen) atoms. The second-order valence-corrected chi connectivity index (χ2v) is 9.24. The highest BCUT2D eigenvalue weighted by molar-refractivity contribution is 5.68. The van der Waals surface area contributed by atoms with Gasteiger partial charge in [0.1, 0.15) is 5.82 Å². The van der Waals surface area contributed by atoms with Crippen LogP contribution in [0.3, 0.4) is 0 Å². The molecular formula is C29H29FN4O2. The summed E-state index contributed by atoms with van der Waals surface area (Å²) in [6.07, 6.45) is 2.49. The van der Waals surface area contributed by atoms with Crippen LogP contribution in [-0.2, 0) is 6.54 Å². The summed E-state index contributed by atoms with van der Waals surface area (Å²) in [6.45, 7) is 1.64. The van der Waals surface area contributed by atoms with Crippen LogP contribution in [0.25, 0.3) is 28.1 Å². The fraction of sp³-hybridized carbons (Fsp3) is 0.241. The van der Waals surface area contributed by atoms with Gasteiger partial charge in [0, 0.05) is 36.8 Å². The Balaban J connectivity index is 1.45. The van der Waals surface area contributed by atoms with Gasteiger partial charge in [-0.3, -0.25) is 4.90 Å². The van der Waals surface area contributed by atoms with Crippen LogP contribution in [0, 0.1) is 5.82 Å². The molecule has 1 amide bonds. The van der Waals surface area contributed by atoms with E-state index in [4.69, 9.17) is 0 Å². The molecule has 6 nitrogen and oxygen atoms in total. The van der Waals surface area contributed by atoms with Gasteiger partial charge in [-0.25, -0.2) is 13.9 Å². The Labute approximate surface area is 210 Å². The molecular weight excluding hydrogens is 455 g/mol. The van der Waals surface area contributed by atoms with Crippen LogP contribution in [0.2, 0.25) is 0 Å². The molecule has 1 aliphatic rings. The van der Waals surface area contributed by atoms with Gasteiger partial charge in [-0.05, 0) is 55.3 Å². The standard InChI is InChI=1S/C29H29FN4O2/c1-32(24-15-17-33(18-16-24)29(35)36)20-23-19-31-34(28(23)26-9-5-6-10-27(26)30)25-13-11-22(12-14-25)21-7-3-2-4-8-21/h2-14,19,24H,15-18,20H2,1H3,(H,35,36). The highest BCUT2D eigenvalue weighted by Crippen LogP contribution is 2.31. The van der Waals surface area contributed by atoms with Crippen LogP contribution in [0.15, 0.2) is 85.1 Å². The van der Waals surface area contributed by atoms with E-state index in [0.29, 0.717) is 25.2 Å². The molecule has 0 atom stereocenters. The minimum atomic E-state index is -0.863. The summed E-state index contributed by atoms with van der Waals surface area (Å²) in [6, 6.07) is 25.3. The van der Waals surface area contributed by atoms with Crippen molar-refractivity contribution in [3.8, 4) is 28.1 Å². The van der Waals surface area contributed by atoms with E-state index in [1.165, 1.54) is 11.0 Å². The maximum atomic E-state index is 15.0. The Hall–Kier alpha value is -3.97. The number of amides is 1. The quantitative estimate of drug-likeness (QED) is 0.369. The van der Waals surface area contributed by atoms with Gasteiger partial charge in [0.25, 0.3) is 0 Å². The first-order chi connectivity index (χ1) is 17.5. The van der Waals surface area contributed by atoms with E-state index in [9.17, 15) is 9.90 Å². The first-order valence-electron chi connectivity index (χ1n) is 12.2. The van der Waals surface area contributed by atoms with E-state index in [0.717, 1.165) is 40.9 Å². The first-order valence-corrected chi connectivity index (χ1v) is 12.2. The van der Waals surface area contributed by atoms with E-state index >= 15 is 4.39 Å². The van der Waals surface area contributed by atoms with Gasteiger partial charge < -0.3 is 10.0 Å². The fourth-order valence-corrected chi connectivity index (χ4v) is 4.96. The lowest BCUT2D eigenvalue weighted by atomic mass is 10.0. The topological polar surface area (TPSA) is 61.6 Å². The van der Waals surface area contributed by atoms with Gasteiger partial charge in [0.15, 0.2) is 0 Å². The Morgan fingerprint density at radius 1 is 0.972 bits per heavy atom. The molecule has 1 aliphatic heterocycles. The molecule has 0 saturated carbocycles. The van der Waals surface area contributed by atoms with E-state index in [-0.39, 0.29) is 11.9 Å². The number of piperidine rings is 1. The zero-order chi connectivity index (χ0) is 25.1. The molecule has 2 heterocycles. The number of hydrogen-bond donors (Lipinski definition) is 1. The van der Waals surface area contributed by atoms with Crippen LogP contribution < -0.4 is 0 Å². The average Bonchev–Trinajstić information content (AvgIpc) is 3.32. The van der Waals surface area contributed by atoms with Crippen molar-refractivity contribution < 1.29 is 14.3 Å². The maximum Gasteiger partial charge on any atom is 0.407 e. The van der Waals surface area contributed by atoms with Gasteiger partial charge in [-0.15, -0.1) is 0 Å². The predicted molar refractivity (Wildman–Crippen MR) is 138 cm³/mol. The van der Waals surface area contributed by atoms with Crippen molar-refractivity contribution >= 4 is 6.09 Å². The van der Waals surface area contributed by atoms with E-state index in [1.807, 2.05) is 54.3 Å². The van der Waals surface area contributed by atoms with E-state index in [2.05, 4.69) is 34.3 Å². The Morgan fingerprint density at radius 3 is 2.28 bits per heavy atom. The molecule has 1 fully saturated rings. The third kappa shape index (κ3) is 4.88. The lowest BCUT2D eigenvalue weighted by molar-refractivity contribution is 0.103. The molecule has 0 radical (unpaired) electrons. The molecule has 0 spiro atoms. The number of rotatable bonds is 6. The van der Waals surface area contributed by atoms with Gasteiger partial charge in [0.2, 0.25) is 0 Å². The van der Waals surface area contributed by atoms with Crippen molar-refractivity contribution in [3.63, 3.8) is 0 Å². The van der Waals surface area contributed by atoms with Crippen molar-refractivity contribution in [1.29, 1.82) is 0 Å². The smallest absolute Gasteiger partial charge is 0.407 e. The second-order valence-electron chi connectivity index (χ2n) is 9.24. The molecule has 184 valence electrons. The van der Waals surface area contributed by atoms with Crippen molar-refractivity contribution in [3.05, 3.63) is 96.4 Å². The van der Waals surface area contributed by atoms with Crippen LogP contribution in [0.5, 0.6) is 0 Å². The van der Waals surface area contributed by atoms with Crippen LogP contribution in [0.1, 0.15) is 18.4 Å². The molecule has 0 unspecified atom stereocenters. The third-order valence-corrected chi connectivity index (χ3v) is 6.97. The summed E-state index contributed by atoms with van der Waals surface area (Å²) in [5.74, 6) is -0.293. The van der Waals surface area contributed by atoms with E-state index < -0.39 is 6.09 Å². The van der Waals surface area contributed by atoms with Gasteiger partial charge >= 0.3 is 6.09 Å². The highest BCUT2D eigenvalue weighted by atomic mass is 19.1. The van der Waals surface area contributed by atoms with Crippen LogP contribution in [-0.4, -0.2) is 57.0 Å². The summed E-state index contributed by atoms with van der Waals surface area (Å²) < 4.78 is 16.8. The molecule has 0 aliphatic carbocycles. The summed E-state index contributed by atoms with van der Waals surface area (Å²) in [7, 11) is 2.04. The maximum absolute atomic E-state index is 15.0. The molecule has 1 saturated heterocycles. The molecule has 3 aromatic carbocycles. The Bertz CT molecular complexity index is 1330. The number of carboxylic acid groups (broad SMARTS) is 1. The largest absolute Gasteiger partial charge is 0.465 e. The summed E-state index contributed by atoms with van der Waals surface area (Å²) in [5, 5.41) is 13.9. The number of halogens is 1. The SMILES string of the molecule is CN(Cc1cnn(-c2ccc(-c3ccccc3)cc2)c1-c1ccccc1F)C1CCN(C(=O)O)CC1. The minimum absolute atomic E-state index is 0.252. The molecule has 1 N–H and O–H groups in total. The van der Waals surface area contributed by atoms with Crippen molar-refractivity contribution in [1.82, 2.24) is 19.6 Å². The van der Waals surface area contributed by atoms with Crippen LogP contribution >= 0.6 is 0 Å². The Morgan fingerprint density at radius 2 is 1.61 bits per heavy atom. The number of carbonyl (C=O) groups is 1. The average molecular weight is 485 g/mol. The lowest BCUT2D eigenvalue weighted by Gasteiger charge is -2.35. The molecule has 7 heteroatoms. The van der Waals surface area contributed by atoms with Gasteiger partial charge in [-0.1, -0.05) is 54.6 Å². The van der Waals surface area contributed by atoms with Crippen molar-refractivity contribution in [2.75, 3.05) is 20.1 Å². The summed E-state index contributed by atoms with van der Waals surface area (Å²) in [5.41, 5.74) is 5.26. The Kier molecular flexibility index (Phi) is 6.82. The number of nitrogens with zero attached hydrogens (tertiary/aromatic N) is 4. The number of aromatic nitrogens is 2. The van der Waals surface area contributed by atoms with Gasteiger partial charge in [0.05, 0.1) is 17.6 Å². The number of hydrogen-bond acceptors (Lipinski definition) is 3. The lowest BCUT2D eigenvalue weighted by Crippen LogP contribution is -2.44. The van der Waals surface area contributed by atoms with Crippen LogP contribution in [0.4, 0.5) is 9.18 Å². The second kappa shape index (κ2) is 10.3. The van der Waals surface area contributed by atoms with E-state index in [1.54, 1.807) is 12.1 Å². The molecule has 4 aromatic rings. The molecule has 0 bridgehead atoms. The minimum Gasteiger partial charge on any atom is -0.465 e. The molecule has 5 rings (SSSR count). The summed E-state index contributed by atoms with van der Waals surface area (Å²) in [4.78, 5) is 15.0. The monoisotopic (exact) mass is 484 g/mol.